The van der Waals surface area contributed by atoms with Crippen LogP contribution in [0, 0.1) is 20.2 Å². The summed E-state index contributed by atoms with van der Waals surface area (Å²) >= 11 is -5.04. The summed E-state index contributed by atoms with van der Waals surface area (Å²) in [5.74, 6) is -1.18. The van der Waals surface area contributed by atoms with Crippen molar-refractivity contribution in [2.45, 2.75) is 15.4 Å². The molecule has 0 aliphatic rings. The number of hydrogen-bond acceptors (Lipinski definition) is 11. The molecule has 0 N–H and O–H groups in total. The van der Waals surface area contributed by atoms with Crippen molar-refractivity contribution in [3.8, 4) is 11.5 Å². The molecule has 0 radical (unpaired) electrons. The Bertz CT molecular complexity index is 943. The van der Waals surface area contributed by atoms with Gasteiger partial charge in [0.15, 0.2) is 0 Å². The summed E-state index contributed by atoms with van der Waals surface area (Å²) in [5, 5.41) is 20.5. The predicted octanol–water partition coefficient (Wildman–Crippen LogP) is 2.81. The Hall–Kier alpha value is -2.76. The minimum atomic E-state index is -5.04. The summed E-state index contributed by atoms with van der Waals surface area (Å²) in [6, 6.07) is 13.3. The normalized spacial score (nSPS) is 12.9. The Morgan fingerprint density at radius 2 is 1.44 bits per heavy atom. The van der Waals surface area contributed by atoms with Crippen LogP contribution in [0.3, 0.4) is 0 Å². The molecule has 0 aliphatic heterocycles. The molecule has 0 saturated carbocycles. The summed E-state index contributed by atoms with van der Waals surface area (Å²) in [6.07, 6.45) is -1.01. The molecule has 2 aromatic rings. The molecule has 0 heterocycles. The molecule has 2 rings (SSSR count). The zero-order valence-corrected chi connectivity index (χ0v) is 23.7. The molecule has 0 amide bonds. The van der Waals surface area contributed by atoms with Crippen LogP contribution in [0.5, 0.6) is 11.5 Å². The van der Waals surface area contributed by atoms with Crippen LogP contribution in [0.2, 0.25) is 3.48 Å². The zero-order chi connectivity index (χ0) is 25.3. The Morgan fingerprint density at radius 3 is 1.88 bits per heavy atom. The van der Waals surface area contributed by atoms with Gasteiger partial charge in [0.05, 0.1) is 0 Å². The maximum atomic E-state index is 11.4. The van der Waals surface area contributed by atoms with Gasteiger partial charge in [-0.1, -0.05) is 0 Å². The second-order valence-electron chi connectivity index (χ2n) is 6.76. The molecule has 34 heavy (non-hydrogen) atoms. The van der Waals surface area contributed by atoms with Crippen LogP contribution >= 0.6 is 0 Å². The van der Waals surface area contributed by atoms with Gasteiger partial charge in [0.1, 0.15) is 0 Å². The van der Waals surface area contributed by atoms with Crippen LogP contribution < -0.4 is 9.47 Å². The van der Waals surface area contributed by atoms with Gasteiger partial charge in [0.25, 0.3) is 0 Å². The molecule has 0 fully saturated rings. The number of nitrogens with zero attached hydrogens (tertiary/aromatic N) is 2. The third-order valence-electron chi connectivity index (χ3n) is 5.21. The SMILES string of the molecule is COc1ccc(C(OC)(OC)[CH](C(OC)c2ccccc2)[Tl]([O][N+](=O)[O-])[O][N+](=O)[O-])c(OC)c1. The van der Waals surface area contributed by atoms with E-state index in [0.717, 1.165) is 0 Å². The predicted molar refractivity (Wildman–Crippen MR) is 117 cm³/mol. The van der Waals surface area contributed by atoms with E-state index >= 15 is 0 Å². The summed E-state index contributed by atoms with van der Waals surface area (Å²) in [4.78, 5) is 22.7. The topological polar surface area (TPSA) is 151 Å². The van der Waals surface area contributed by atoms with Crippen LogP contribution in [-0.2, 0) is 25.6 Å². The Balaban J connectivity index is 2.86. The van der Waals surface area contributed by atoms with Crippen molar-refractivity contribution in [3.05, 3.63) is 79.9 Å². The summed E-state index contributed by atoms with van der Waals surface area (Å²) in [6.45, 7) is 0. The molecule has 184 valence electrons. The number of hydrogen-bond donors (Lipinski definition) is 0. The average Bonchev–Trinajstić information content (AvgIpc) is 2.84. The minimum absolute atomic E-state index is 0.241. The number of benzene rings is 2. The summed E-state index contributed by atoms with van der Waals surface area (Å²) in [5.41, 5.74) is 0.817. The molecule has 0 aromatic heterocycles. The second kappa shape index (κ2) is 12.6. The quantitative estimate of drug-likeness (QED) is 0.126. The van der Waals surface area contributed by atoms with Crippen molar-refractivity contribution in [3.63, 3.8) is 0 Å². The van der Waals surface area contributed by atoms with E-state index in [1.807, 2.05) is 0 Å². The summed E-state index contributed by atoms with van der Waals surface area (Å²) in [7, 11) is 6.81. The molecule has 2 atom stereocenters. The van der Waals surface area contributed by atoms with E-state index in [4.69, 9.17) is 29.3 Å². The Labute approximate surface area is 205 Å². The first-order valence-electron chi connectivity index (χ1n) is 9.80. The van der Waals surface area contributed by atoms with Gasteiger partial charge in [-0.25, -0.2) is 0 Å². The molecule has 0 spiro atoms. The van der Waals surface area contributed by atoms with Crippen molar-refractivity contribution in [2.75, 3.05) is 35.5 Å². The van der Waals surface area contributed by atoms with Crippen LogP contribution in [0.4, 0.5) is 0 Å². The number of rotatable bonds is 14. The third kappa shape index (κ3) is 6.02. The van der Waals surface area contributed by atoms with Gasteiger partial charge >= 0.3 is 205 Å². The molecule has 0 aliphatic carbocycles. The zero-order valence-electron chi connectivity index (χ0n) is 19.2. The van der Waals surface area contributed by atoms with Crippen molar-refractivity contribution in [2.24, 2.45) is 0 Å². The van der Waals surface area contributed by atoms with E-state index < -0.39 is 49.2 Å². The van der Waals surface area contributed by atoms with Crippen LogP contribution in [0.25, 0.3) is 0 Å². The van der Waals surface area contributed by atoms with E-state index in [2.05, 4.69) is 0 Å². The first-order chi connectivity index (χ1) is 16.3. The fourth-order valence-corrected chi connectivity index (χ4v) is 12.0. The molecule has 0 bridgehead atoms. The van der Waals surface area contributed by atoms with Gasteiger partial charge in [0.2, 0.25) is 0 Å². The van der Waals surface area contributed by atoms with Crippen molar-refractivity contribution in [1.29, 1.82) is 0 Å². The van der Waals surface area contributed by atoms with Crippen LogP contribution in [0.1, 0.15) is 17.2 Å². The number of ether oxygens (including phenoxy) is 5. The molecule has 0 saturated heterocycles. The van der Waals surface area contributed by atoms with E-state index in [1.165, 1.54) is 35.5 Å². The maximum absolute atomic E-state index is 11.4. The van der Waals surface area contributed by atoms with E-state index in [-0.39, 0.29) is 11.3 Å². The molecular formula is C20H25N2O11Tl. The van der Waals surface area contributed by atoms with Gasteiger partial charge in [-0.3, -0.25) is 0 Å². The Morgan fingerprint density at radius 1 is 0.853 bits per heavy atom. The first kappa shape index (κ1) is 27.5. The van der Waals surface area contributed by atoms with Gasteiger partial charge in [-0.2, -0.15) is 0 Å². The van der Waals surface area contributed by atoms with Crippen LogP contribution in [-0.4, -0.2) is 69.3 Å². The summed E-state index contributed by atoms with van der Waals surface area (Å²) < 4.78 is 36.6. The molecule has 2 aromatic carbocycles. The van der Waals surface area contributed by atoms with Gasteiger partial charge in [-0.05, 0) is 0 Å². The van der Waals surface area contributed by atoms with Crippen molar-refractivity contribution >= 4 is 23.6 Å². The number of methoxy groups -OCH3 is 5. The standard InChI is InChI=1S/C20H25O5.2NO3.Tl/c1-21-16-11-12-17(18(13-16)22-2)20(24-4,25-5)14-19(23-3)15-9-7-6-8-10-15;2*2-1(3)4;/h6-14,19H,1-5H3;;;/q;2*-1;+2. The molecule has 14 heteroatoms. The van der Waals surface area contributed by atoms with E-state index in [1.54, 1.807) is 48.5 Å². The van der Waals surface area contributed by atoms with Crippen molar-refractivity contribution in [1.82, 2.24) is 0 Å². The molecule has 13 nitrogen and oxygen atoms in total. The molecular weight excluding hydrogens is 649 g/mol. The van der Waals surface area contributed by atoms with E-state index in [0.29, 0.717) is 11.3 Å². The Kier molecular flexibility index (Phi) is 10.2. The fourth-order valence-electron chi connectivity index (χ4n) is 3.82. The van der Waals surface area contributed by atoms with Crippen LogP contribution in [0.15, 0.2) is 48.5 Å². The fraction of sp³-hybridized carbons (Fsp3) is 0.400. The second-order valence-corrected chi connectivity index (χ2v) is 14.1. The average molecular weight is 674 g/mol. The third-order valence-corrected chi connectivity index (χ3v) is 13.5. The first-order valence-corrected chi connectivity index (χ1v) is 16.1. The van der Waals surface area contributed by atoms with Gasteiger partial charge in [-0.15, -0.1) is 0 Å². The monoisotopic (exact) mass is 674 g/mol. The van der Waals surface area contributed by atoms with Crippen molar-refractivity contribution < 1.29 is 39.4 Å². The van der Waals surface area contributed by atoms with E-state index in [9.17, 15) is 20.2 Å². The van der Waals surface area contributed by atoms with Gasteiger partial charge < -0.3 is 0 Å². The van der Waals surface area contributed by atoms with Gasteiger partial charge in [0, 0.05) is 0 Å². The molecule has 2 unspecified atom stereocenters.